The quantitative estimate of drug-likeness (QED) is 0.129. The number of rotatable bonds is 13. The molecule has 0 spiro atoms. The Kier molecular flexibility index (Phi) is 10.6. The van der Waals surface area contributed by atoms with Gasteiger partial charge in [-0.25, -0.2) is 0 Å². The van der Waals surface area contributed by atoms with Gasteiger partial charge in [-0.2, -0.15) is 0 Å². The van der Waals surface area contributed by atoms with Crippen LogP contribution in [-0.2, 0) is 19.1 Å². The first-order valence-corrected chi connectivity index (χ1v) is 17.2. The van der Waals surface area contributed by atoms with Crippen molar-refractivity contribution in [1.29, 1.82) is 0 Å². The zero-order valence-corrected chi connectivity index (χ0v) is 27.4. The molecule has 0 aromatic heterocycles. The summed E-state index contributed by atoms with van der Waals surface area (Å²) in [6.45, 7) is 14.8. The Labute approximate surface area is 255 Å². The van der Waals surface area contributed by atoms with Gasteiger partial charge in [-0.3, -0.25) is 14.4 Å². The number of ether oxygens (including phenoxy) is 1. The van der Waals surface area contributed by atoms with E-state index in [1.807, 2.05) is 0 Å². The molecule has 4 aliphatic rings. The summed E-state index contributed by atoms with van der Waals surface area (Å²) < 4.78 is 5.16. The van der Waals surface area contributed by atoms with Crippen LogP contribution < -0.4 is 5.32 Å². The minimum absolute atomic E-state index is 0.0441. The van der Waals surface area contributed by atoms with Crippen LogP contribution in [0.15, 0.2) is 11.6 Å². The normalized spacial score (nSPS) is 36.3. The van der Waals surface area contributed by atoms with E-state index in [4.69, 9.17) is 9.84 Å². The van der Waals surface area contributed by atoms with Gasteiger partial charge in [0, 0.05) is 18.9 Å². The summed E-state index contributed by atoms with van der Waals surface area (Å²) in [5, 5.41) is 11.8. The number of allylic oxidation sites excluding steroid dienone is 1. The van der Waals surface area contributed by atoms with Crippen molar-refractivity contribution in [2.75, 3.05) is 6.61 Å². The van der Waals surface area contributed by atoms with Crippen molar-refractivity contribution < 1.29 is 24.2 Å². The van der Waals surface area contributed by atoms with Crippen LogP contribution >= 0.6 is 0 Å². The number of carboxylic acid groups (broad SMARTS) is 1. The first-order valence-electron chi connectivity index (χ1n) is 17.2. The van der Waals surface area contributed by atoms with E-state index >= 15 is 0 Å². The van der Waals surface area contributed by atoms with Gasteiger partial charge in [0.1, 0.15) is 0 Å². The Balaban J connectivity index is 1.32. The third-order valence-corrected chi connectivity index (χ3v) is 12.6. The van der Waals surface area contributed by atoms with Gasteiger partial charge in [-0.1, -0.05) is 72.5 Å². The SMILES string of the molecule is CC(C)CCC[C@@H](C)C1CC[C@H]2[C@]3(C)CC=C4C[C@@H](NC(=O)COC(=O)CCCCC(=O)O)CC[C@]4(C)[C@H]3CC[C@]12C. The molecule has 238 valence electrons. The number of aliphatic carboxylic acids is 1. The topological polar surface area (TPSA) is 92.7 Å². The molecule has 0 aliphatic heterocycles. The summed E-state index contributed by atoms with van der Waals surface area (Å²) in [6.07, 6.45) is 17.4. The van der Waals surface area contributed by atoms with Crippen LogP contribution in [0.5, 0.6) is 0 Å². The maximum atomic E-state index is 12.6. The van der Waals surface area contributed by atoms with Crippen molar-refractivity contribution in [2.24, 2.45) is 45.8 Å². The van der Waals surface area contributed by atoms with E-state index in [-0.39, 0.29) is 36.8 Å². The monoisotopic (exact) mass is 585 g/mol. The summed E-state index contributed by atoms with van der Waals surface area (Å²) in [4.78, 5) is 35.2. The van der Waals surface area contributed by atoms with Crippen molar-refractivity contribution in [3.8, 4) is 0 Å². The van der Waals surface area contributed by atoms with E-state index in [1.54, 1.807) is 0 Å². The van der Waals surface area contributed by atoms with E-state index < -0.39 is 11.9 Å². The third-order valence-electron chi connectivity index (χ3n) is 12.6. The molecule has 0 aromatic carbocycles. The van der Waals surface area contributed by atoms with Gasteiger partial charge in [-0.05, 0) is 110 Å². The number of nitrogens with one attached hydrogen (secondary N) is 1. The van der Waals surface area contributed by atoms with Crippen molar-refractivity contribution in [3.63, 3.8) is 0 Å². The average Bonchev–Trinajstić information content (AvgIpc) is 3.28. The molecule has 0 radical (unpaired) electrons. The van der Waals surface area contributed by atoms with Gasteiger partial charge in [0.05, 0.1) is 0 Å². The van der Waals surface area contributed by atoms with E-state index in [1.165, 1.54) is 50.5 Å². The predicted molar refractivity (Wildman–Crippen MR) is 167 cm³/mol. The van der Waals surface area contributed by atoms with Gasteiger partial charge < -0.3 is 15.2 Å². The standard InChI is InChI=1S/C36H59NO5/c1-24(2)10-9-11-25(3)28-14-15-29-35(28,5)21-18-30-34(4)20-17-27(22-26(34)16-19-36(29,30)6)37-31(38)23-42-33(41)13-8-7-12-32(39)40/h16,24-25,27-30H,7-15,17-23H2,1-6H3,(H,37,38)(H,39,40)/t25-,27+,28?,29-,30-,34+,35-,36+/m1/s1. The second kappa shape index (κ2) is 13.4. The maximum Gasteiger partial charge on any atom is 0.306 e. The fourth-order valence-corrected chi connectivity index (χ4v) is 10.5. The minimum atomic E-state index is -0.865. The van der Waals surface area contributed by atoms with Crippen molar-refractivity contribution in [3.05, 3.63) is 11.6 Å². The van der Waals surface area contributed by atoms with Gasteiger partial charge in [0.2, 0.25) is 0 Å². The molecule has 4 rings (SSSR count). The van der Waals surface area contributed by atoms with Crippen LogP contribution in [0, 0.1) is 45.8 Å². The summed E-state index contributed by atoms with van der Waals surface area (Å²) in [5.74, 6) is 2.44. The molecule has 3 fully saturated rings. The Hall–Kier alpha value is -1.85. The number of carbonyl (C=O) groups is 3. The Morgan fingerprint density at radius 2 is 1.67 bits per heavy atom. The van der Waals surface area contributed by atoms with Gasteiger partial charge in [0.25, 0.3) is 5.91 Å². The number of hydrogen-bond acceptors (Lipinski definition) is 4. The summed E-state index contributed by atoms with van der Waals surface area (Å²) in [5.41, 5.74) is 2.56. The van der Waals surface area contributed by atoms with E-state index in [0.29, 0.717) is 29.6 Å². The predicted octanol–water partition coefficient (Wildman–Crippen LogP) is 8.09. The van der Waals surface area contributed by atoms with E-state index in [9.17, 15) is 14.4 Å². The third kappa shape index (κ3) is 6.93. The molecule has 1 amide bonds. The zero-order chi connectivity index (χ0) is 30.7. The molecule has 0 heterocycles. The zero-order valence-electron chi connectivity index (χ0n) is 27.4. The van der Waals surface area contributed by atoms with Crippen LogP contribution in [0.1, 0.15) is 138 Å². The molecular formula is C36H59NO5. The number of fused-ring (bicyclic) bond motifs is 5. The summed E-state index contributed by atoms with van der Waals surface area (Å²) in [7, 11) is 0. The second-order valence-corrected chi connectivity index (χ2v) is 15.8. The number of hydrogen-bond donors (Lipinski definition) is 2. The first-order chi connectivity index (χ1) is 19.8. The fourth-order valence-electron chi connectivity index (χ4n) is 10.5. The fraction of sp³-hybridized carbons (Fsp3) is 0.861. The highest BCUT2D eigenvalue weighted by Gasteiger charge is 2.63. The van der Waals surface area contributed by atoms with Crippen LogP contribution in [0.3, 0.4) is 0 Å². The molecule has 0 saturated heterocycles. The highest BCUT2D eigenvalue weighted by molar-refractivity contribution is 5.80. The lowest BCUT2D eigenvalue weighted by molar-refractivity contribution is -0.149. The van der Waals surface area contributed by atoms with E-state index in [2.05, 4.69) is 52.9 Å². The van der Waals surface area contributed by atoms with Crippen LogP contribution in [0.25, 0.3) is 0 Å². The molecule has 8 atom stereocenters. The molecule has 3 saturated carbocycles. The summed E-state index contributed by atoms with van der Waals surface area (Å²) >= 11 is 0. The van der Waals surface area contributed by atoms with Crippen LogP contribution in [0.2, 0.25) is 0 Å². The maximum absolute atomic E-state index is 12.6. The largest absolute Gasteiger partial charge is 0.481 e. The summed E-state index contributed by atoms with van der Waals surface area (Å²) in [6, 6.07) is 0.0897. The number of unbranched alkanes of at least 4 members (excludes halogenated alkanes) is 1. The highest BCUT2D eigenvalue weighted by atomic mass is 16.5. The van der Waals surface area contributed by atoms with Crippen molar-refractivity contribution in [2.45, 2.75) is 144 Å². The smallest absolute Gasteiger partial charge is 0.306 e. The minimum Gasteiger partial charge on any atom is -0.481 e. The molecule has 0 bridgehead atoms. The Morgan fingerprint density at radius 3 is 2.38 bits per heavy atom. The van der Waals surface area contributed by atoms with Gasteiger partial charge in [0.15, 0.2) is 6.61 Å². The van der Waals surface area contributed by atoms with Crippen LogP contribution in [0.4, 0.5) is 0 Å². The van der Waals surface area contributed by atoms with Crippen molar-refractivity contribution >= 4 is 17.8 Å². The lowest BCUT2D eigenvalue weighted by atomic mass is 9.41. The molecule has 2 N–H and O–H groups in total. The number of amides is 1. The lowest BCUT2D eigenvalue weighted by Crippen LogP contribution is -2.57. The number of carboxylic acids is 1. The van der Waals surface area contributed by atoms with Gasteiger partial charge in [-0.15, -0.1) is 0 Å². The average molecular weight is 586 g/mol. The first kappa shape index (κ1) is 33.1. The van der Waals surface area contributed by atoms with Crippen molar-refractivity contribution in [1.82, 2.24) is 5.32 Å². The molecule has 6 heteroatoms. The molecule has 4 aliphatic carbocycles. The molecule has 42 heavy (non-hydrogen) atoms. The molecule has 0 aromatic rings. The highest BCUT2D eigenvalue weighted by Crippen LogP contribution is 2.71. The second-order valence-electron chi connectivity index (χ2n) is 15.8. The molecule has 6 nitrogen and oxygen atoms in total. The molecule has 1 unspecified atom stereocenters. The Bertz CT molecular complexity index is 1020. The van der Waals surface area contributed by atoms with Crippen LogP contribution in [-0.4, -0.2) is 35.6 Å². The number of carbonyl (C=O) groups excluding carboxylic acids is 2. The number of esters is 1. The lowest BCUT2D eigenvalue weighted by Gasteiger charge is -2.63. The Morgan fingerprint density at radius 1 is 0.929 bits per heavy atom. The molecular weight excluding hydrogens is 526 g/mol. The van der Waals surface area contributed by atoms with Gasteiger partial charge >= 0.3 is 11.9 Å². The van der Waals surface area contributed by atoms with E-state index in [0.717, 1.165) is 49.4 Å².